The maximum atomic E-state index is 13.4. The maximum absolute atomic E-state index is 13.4. The molecule has 0 spiro atoms. The zero-order valence-corrected chi connectivity index (χ0v) is 11.8. The molecule has 4 heteroatoms. The number of nitrogens with zero attached hydrogens (tertiary/aromatic N) is 1. The molecule has 0 radical (unpaired) electrons. The Labute approximate surface area is 114 Å². The summed E-state index contributed by atoms with van der Waals surface area (Å²) in [5.41, 5.74) is 7.08. The van der Waals surface area contributed by atoms with Gasteiger partial charge in [-0.15, -0.1) is 0 Å². The molecule has 106 valence electrons. The van der Waals surface area contributed by atoms with Gasteiger partial charge in [0.1, 0.15) is 5.82 Å². The molecular formula is C15H23FN2O. The zero-order valence-electron chi connectivity index (χ0n) is 11.8. The van der Waals surface area contributed by atoms with Crippen molar-refractivity contribution in [3.05, 3.63) is 35.6 Å². The van der Waals surface area contributed by atoms with Gasteiger partial charge >= 0.3 is 0 Å². The van der Waals surface area contributed by atoms with Gasteiger partial charge in [-0.05, 0) is 38.5 Å². The summed E-state index contributed by atoms with van der Waals surface area (Å²) in [5, 5.41) is 0. The lowest BCUT2D eigenvalue weighted by Gasteiger charge is -2.42. The molecule has 4 atom stereocenters. The number of benzene rings is 1. The highest BCUT2D eigenvalue weighted by Gasteiger charge is 2.31. The van der Waals surface area contributed by atoms with Crippen LogP contribution in [0.5, 0.6) is 0 Å². The SMILES string of the molecule is CC1CN(C(c2cccc(F)c2)C(C)N)CC(C)O1. The standard InChI is InChI=1S/C15H23FN2O/c1-10-8-18(9-11(2)19-10)15(12(3)17)13-5-4-6-14(16)7-13/h4-7,10-12,15H,8-9,17H2,1-3H3. The smallest absolute Gasteiger partial charge is 0.123 e. The van der Waals surface area contributed by atoms with Crippen LogP contribution >= 0.6 is 0 Å². The van der Waals surface area contributed by atoms with E-state index in [0.717, 1.165) is 18.7 Å². The van der Waals surface area contributed by atoms with Crippen molar-refractivity contribution in [3.63, 3.8) is 0 Å². The van der Waals surface area contributed by atoms with E-state index in [1.165, 1.54) is 6.07 Å². The minimum absolute atomic E-state index is 0.0319. The lowest BCUT2D eigenvalue weighted by atomic mass is 9.97. The van der Waals surface area contributed by atoms with Crippen LogP contribution in [0.3, 0.4) is 0 Å². The predicted octanol–water partition coefficient (Wildman–Crippen LogP) is 2.32. The molecule has 0 aliphatic carbocycles. The van der Waals surface area contributed by atoms with Crippen molar-refractivity contribution in [1.82, 2.24) is 4.90 Å². The van der Waals surface area contributed by atoms with Gasteiger partial charge in [0.2, 0.25) is 0 Å². The first-order chi connectivity index (χ1) is 8.97. The van der Waals surface area contributed by atoms with E-state index in [4.69, 9.17) is 10.5 Å². The molecule has 1 fully saturated rings. The Kier molecular flexibility index (Phi) is 4.55. The normalized spacial score (nSPS) is 28.1. The molecular weight excluding hydrogens is 243 g/mol. The third-order valence-electron chi connectivity index (χ3n) is 3.53. The average molecular weight is 266 g/mol. The van der Waals surface area contributed by atoms with Gasteiger partial charge in [-0.2, -0.15) is 0 Å². The van der Waals surface area contributed by atoms with Crippen LogP contribution < -0.4 is 5.73 Å². The number of nitrogens with two attached hydrogens (primary N) is 1. The van der Waals surface area contributed by atoms with E-state index in [1.54, 1.807) is 12.1 Å². The molecule has 1 saturated heterocycles. The molecule has 2 N–H and O–H groups in total. The van der Waals surface area contributed by atoms with E-state index in [9.17, 15) is 4.39 Å². The van der Waals surface area contributed by atoms with Crippen molar-refractivity contribution in [2.45, 2.75) is 45.1 Å². The number of ether oxygens (including phenoxy) is 1. The van der Waals surface area contributed by atoms with Gasteiger partial charge in [-0.1, -0.05) is 12.1 Å². The Morgan fingerprint density at radius 2 is 1.95 bits per heavy atom. The second-order valence-corrected chi connectivity index (χ2v) is 5.57. The molecule has 3 nitrogen and oxygen atoms in total. The van der Waals surface area contributed by atoms with Crippen molar-refractivity contribution >= 4 is 0 Å². The van der Waals surface area contributed by atoms with Crippen LogP contribution in [0.4, 0.5) is 4.39 Å². The molecule has 0 amide bonds. The third-order valence-corrected chi connectivity index (χ3v) is 3.53. The fraction of sp³-hybridized carbons (Fsp3) is 0.600. The summed E-state index contributed by atoms with van der Waals surface area (Å²) in [5.74, 6) is -0.211. The summed E-state index contributed by atoms with van der Waals surface area (Å²) < 4.78 is 19.2. The Morgan fingerprint density at radius 1 is 1.32 bits per heavy atom. The van der Waals surface area contributed by atoms with Gasteiger partial charge in [0, 0.05) is 25.2 Å². The number of hydrogen-bond acceptors (Lipinski definition) is 3. The van der Waals surface area contributed by atoms with Crippen molar-refractivity contribution in [2.75, 3.05) is 13.1 Å². The average Bonchev–Trinajstić information content (AvgIpc) is 2.27. The van der Waals surface area contributed by atoms with Crippen molar-refractivity contribution in [1.29, 1.82) is 0 Å². The molecule has 0 bridgehead atoms. The molecule has 1 aromatic rings. The fourth-order valence-corrected chi connectivity index (χ4v) is 2.98. The lowest BCUT2D eigenvalue weighted by molar-refractivity contribution is -0.0831. The monoisotopic (exact) mass is 266 g/mol. The van der Waals surface area contributed by atoms with Crippen LogP contribution in [0, 0.1) is 5.82 Å². The lowest BCUT2D eigenvalue weighted by Crippen LogP contribution is -2.50. The van der Waals surface area contributed by atoms with Crippen LogP contribution in [-0.2, 0) is 4.74 Å². The molecule has 1 aliphatic heterocycles. The number of rotatable bonds is 3. The Bertz CT molecular complexity index is 414. The first-order valence-corrected chi connectivity index (χ1v) is 6.88. The summed E-state index contributed by atoms with van der Waals surface area (Å²) in [7, 11) is 0. The van der Waals surface area contributed by atoms with E-state index in [0.29, 0.717) is 0 Å². The zero-order chi connectivity index (χ0) is 14.0. The first-order valence-electron chi connectivity index (χ1n) is 6.88. The summed E-state index contributed by atoms with van der Waals surface area (Å²) >= 11 is 0. The van der Waals surface area contributed by atoms with Crippen LogP contribution in [0.15, 0.2) is 24.3 Å². The van der Waals surface area contributed by atoms with Crippen LogP contribution in [-0.4, -0.2) is 36.2 Å². The molecule has 2 rings (SSSR count). The minimum atomic E-state index is -0.211. The molecule has 1 aromatic carbocycles. The van der Waals surface area contributed by atoms with E-state index in [-0.39, 0.29) is 30.1 Å². The van der Waals surface area contributed by atoms with Gasteiger partial charge in [-0.3, -0.25) is 4.90 Å². The van der Waals surface area contributed by atoms with Gasteiger partial charge < -0.3 is 10.5 Å². The Hall–Kier alpha value is -0.970. The Balaban J connectivity index is 2.25. The molecule has 0 aromatic heterocycles. The van der Waals surface area contributed by atoms with E-state index < -0.39 is 0 Å². The number of halogens is 1. The van der Waals surface area contributed by atoms with E-state index in [2.05, 4.69) is 18.7 Å². The van der Waals surface area contributed by atoms with Gasteiger partial charge in [0.15, 0.2) is 0 Å². The van der Waals surface area contributed by atoms with Gasteiger partial charge in [0.05, 0.1) is 12.2 Å². The Morgan fingerprint density at radius 3 is 2.47 bits per heavy atom. The predicted molar refractivity (Wildman–Crippen MR) is 74.4 cm³/mol. The van der Waals surface area contributed by atoms with Crippen LogP contribution in [0.25, 0.3) is 0 Å². The summed E-state index contributed by atoms with van der Waals surface area (Å²) in [6.07, 6.45) is 0.358. The maximum Gasteiger partial charge on any atom is 0.123 e. The van der Waals surface area contributed by atoms with Crippen molar-refractivity contribution in [3.8, 4) is 0 Å². The minimum Gasteiger partial charge on any atom is -0.373 e. The van der Waals surface area contributed by atoms with Crippen LogP contribution in [0.2, 0.25) is 0 Å². The highest BCUT2D eigenvalue weighted by molar-refractivity contribution is 5.22. The largest absolute Gasteiger partial charge is 0.373 e. The van der Waals surface area contributed by atoms with Crippen LogP contribution in [0.1, 0.15) is 32.4 Å². The second kappa shape index (κ2) is 5.99. The summed E-state index contributed by atoms with van der Waals surface area (Å²) in [4.78, 5) is 2.30. The molecule has 1 heterocycles. The van der Waals surface area contributed by atoms with E-state index >= 15 is 0 Å². The van der Waals surface area contributed by atoms with Crippen molar-refractivity contribution < 1.29 is 9.13 Å². The number of hydrogen-bond donors (Lipinski definition) is 1. The molecule has 0 saturated carbocycles. The molecule has 1 aliphatic rings. The van der Waals surface area contributed by atoms with Gasteiger partial charge in [0.25, 0.3) is 0 Å². The van der Waals surface area contributed by atoms with Crippen molar-refractivity contribution in [2.24, 2.45) is 5.73 Å². The topological polar surface area (TPSA) is 38.5 Å². The molecule has 19 heavy (non-hydrogen) atoms. The second-order valence-electron chi connectivity index (χ2n) is 5.57. The third kappa shape index (κ3) is 3.53. The fourth-order valence-electron chi connectivity index (χ4n) is 2.98. The number of morpholine rings is 1. The first kappa shape index (κ1) is 14.4. The quantitative estimate of drug-likeness (QED) is 0.912. The molecule has 4 unspecified atom stereocenters. The highest BCUT2D eigenvalue weighted by atomic mass is 19.1. The summed E-state index contributed by atoms with van der Waals surface area (Å²) in [6.45, 7) is 7.75. The highest BCUT2D eigenvalue weighted by Crippen LogP contribution is 2.27. The summed E-state index contributed by atoms with van der Waals surface area (Å²) in [6, 6.07) is 6.71. The van der Waals surface area contributed by atoms with Gasteiger partial charge in [-0.25, -0.2) is 4.39 Å². The van der Waals surface area contributed by atoms with E-state index in [1.807, 2.05) is 13.0 Å².